The first-order valence-electron chi connectivity index (χ1n) is 3.55. The second kappa shape index (κ2) is 3.39. The van der Waals surface area contributed by atoms with E-state index in [1.807, 2.05) is 0 Å². The van der Waals surface area contributed by atoms with Gasteiger partial charge in [0, 0.05) is 6.20 Å². The molecule has 0 aliphatic heterocycles. The lowest BCUT2D eigenvalue weighted by Gasteiger charge is -2.16. The van der Waals surface area contributed by atoms with Crippen molar-refractivity contribution in [2.24, 2.45) is 0 Å². The highest BCUT2D eigenvalue weighted by atomic mass is 19.4. The van der Waals surface area contributed by atoms with Gasteiger partial charge in [-0.15, -0.1) is 0 Å². The summed E-state index contributed by atoms with van der Waals surface area (Å²) in [5.74, 6) is -1.95. The normalized spacial score (nSPS) is 13.0. The van der Waals surface area contributed by atoms with Gasteiger partial charge in [-0.2, -0.15) is 17.6 Å². The quantitative estimate of drug-likeness (QED) is 0.411. The van der Waals surface area contributed by atoms with E-state index < -0.39 is 30.1 Å². The molecule has 0 spiro atoms. The van der Waals surface area contributed by atoms with Crippen LogP contribution in [0.1, 0.15) is 5.56 Å². The van der Waals surface area contributed by atoms with E-state index in [0.717, 1.165) is 0 Å². The molecule has 0 saturated carbocycles. The number of pyridine rings is 1. The average Bonchev–Trinajstić information content (AvgIpc) is 2.00. The third kappa shape index (κ3) is 2.60. The van der Waals surface area contributed by atoms with Crippen molar-refractivity contribution in [3.8, 4) is 0 Å². The number of rotatable bonds is 1. The molecule has 0 radical (unpaired) electrons. The van der Waals surface area contributed by atoms with Crippen LogP contribution in [0, 0.1) is 5.95 Å². The minimum Gasteiger partial charge on any atom is -0.445 e. The van der Waals surface area contributed by atoms with E-state index >= 15 is 0 Å². The van der Waals surface area contributed by atoms with Crippen molar-refractivity contribution < 1.29 is 30.5 Å². The molecule has 0 atom stereocenters. The molecule has 0 unspecified atom stereocenters. The van der Waals surface area contributed by atoms with Gasteiger partial charge in [0.15, 0.2) is 5.95 Å². The van der Waals surface area contributed by atoms with Gasteiger partial charge in [-0.1, -0.05) is 11.5 Å². The molecule has 9 heteroatoms. The van der Waals surface area contributed by atoms with Crippen molar-refractivity contribution in [2.75, 3.05) is 0 Å². The standard InChI is InChI=1S/C6H2BF7N/c8-5-4(7(12,13)14)1-3(2-15-5)6(9,10)11/h1-2H/q-1. The summed E-state index contributed by atoms with van der Waals surface area (Å²) in [5.41, 5.74) is -3.59. The van der Waals surface area contributed by atoms with Crippen LogP contribution in [-0.2, 0) is 6.18 Å². The van der Waals surface area contributed by atoms with E-state index in [-0.39, 0.29) is 12.3 Å². The minimum absolute atomic E-state index is 0.0145. The maximum Gasteiger partial charge on any atom is 0.514 e. The molecule has 0 fully saturated rings. The van der Waals surface area contributed by atoms with Crippen LogP contribution in [0.15, 0.2) is 12.3 Å². The number of hydrogen-bond acceptors (Lipinski definition) is 1. The molecule has 1 aromatic rings. The fraction of sp³-hybridized carbons (Fsp3) is 0.167. The maximum absolute atomic E-state index is 12.5. The second-order valence-corrected chi connectivity index (χ2v) is 2.68. The van der Waals surface area contributed by atoms with Gasteiger partial charge >= 0.3 is 13.2 Å². The van der Waals surface area contributed by atoms with Crippen LogP contribution in [-0.4, -0.2) is 12.0 Å². The maximum atomic E-state index is 12.5. The zero-order valence-electron chi connectivity index (χ0n) is 6.83. The van der Waals surface area contributed by atoms with Crippen LogP contribution in [0.2, 0.25) is 0 Å². The molecule has 0 saturated heterocycles. The van der Waals surface area contributed by atoms with E-state index in [1.54, 1.807) is 0 Å². The summed E-state index contributed by atoms with van der Waals surface area (Å²) >= 11 is 0. The van der Waals surface area contributed by atoms with Crippen LogP contribution in [0.4, 0.5) is 30.5 Å². The molecule has 0 bridgehead atoms. The van der Waals surface area contributed by atoms with Crippen molar-refractivity contribution in [3.63, 3.8) is 0 Å². The van der Waals surface area contributed by atoms with E-state index in [0.29, 0.717) is 0 Å². The van der Waals surface area contributed by atoms with E-state index in [4.69, 9.17) is 0 Å². The Hall–Kier alpha value is -1.28. The van der Waals surface area contributed by atoms with Crippen LogP contribution in [0.5, 0.6) is 0 Å². The minimum atomic E-state index is -5.84. The molecule has 0 amide bonds. The topological polar surface area (TPSA) is 12.9 Å². The van der Waals surface area contributed by atoms with Crippen LogP contribution >= 0.6 is 0 Å². The first-order chi connectivity index (χ1) is 6.62. The third-order valence-electron chi connectivity index (χ3n) is 1.55. The van der Waals surface area contributed by atoms with Gasteiger partial charge in [-0.05, 0) is 0 Å². The number of aromatic nitrogens is 1. The molecule has 1 heterocycles. The van der Waals surface area contributed by atoms with Crippen LogP contribution in [0.25, 0.3) is 0 Å². The zero-order chi connectivity index (χ0) is 11.9. The van der Waals surface area contributed by atoms with Crippen molar-refractivity contribution in [3.05, 3.63) is 23.8 Å². The highest BCUT2D eigenvalue weighted by molar-refractivity contribution is 6.73. The molecular formula is C6H2BF7N-. The summed E-state index contributed by atoms with van der Waals surface area (Å²) in [4.78, 5) is 2.42. The third-order valence-corrected chi connectivity index (χ3v) is 1.55. The molecule has 15 heavy (non-hydrogen) atoms. The van der Waals surface area contributed by atoms with Crippen molar-refractivity contribution >= 4 is 12.4 Å². The van der Waals surface area contributed by atoms with Gasteiger partial charge in [0.1, 0.15) is 0 Å². The lowest BCUT2D eigenvalue weighted by Crippen LogP contribution is -2.38. The monoisotopic (exact) mass is 232 g/mol. The SMILES string of the molecule is Fc1ncc(C(F)(F)F)cc1[B-](F)(F)F. The van der Waals surface area contributed by atoms with Crippen LogP contribution in [0.3, 0.4) is 0 Å². The number of nitrogens with zero attached hydrogens (tertiary/aromatic N) is 1. The molecule has 0 aromatic carbocycles. The predicted molar refractivity (Wildman–Crippen MR) is 37.9 cm³/mol. The van der Waals surface area contributed by atoms with E-state index in [9.17, 15) is 30.5 Å². The van der Waals surface area contributed by atoms with E-state index in [1.165, 1.54) is 0 Å². The largest absolute Gasteiger partial charge is 0.514 e. The lowest BCUT2D eigenvalue weighted by molar-refractivity contribution is -0.137. The van der Waals surface area contributed by atoms with Crippen LogP contribution < -0.4 is 5.46 Å². The van der Waals surface area contributed by atoms with Gasteiger partial charge in [0.25, 0.3) is 0 Å². The number of alkyl halides is 3. The summed E-state index contributed by atoms with van der Waals surface area (Å²) in [6.07, 6.45) is -4.96. The highest BCUT2D eigenvalue weighted by Crippen LogP contribution is 2.28. The first-order valence-corrected chi connectivity index (χ1v) is 3.55. The Kier molecular flexibility index (Phi) is 2.66. The predicted octanol–water partition coefficient (Wildman–Crippen LogP) is 2.29. The Labute approximate surface area is 79.0 Å². The molecule has 1 nitrogen and oxygen atoms in total. The molecule has 1 rings (SSSR count). The summed E-state index contributed by atoms with van der Waals surface area (Å²) in [6.45, 7) is -5.84. The summed E-state index contributed by atoms with van der Waals surface area (Å²) in [6, 6.07) is -0.289. The van der Waals surface area contributed by atoms with E-state index in [2.05, 4.69) is 4.98 Å². The smallest absolute Gasteiger partial charge is 0.445 e. The molecule has 0 aliphatic rings. The Morgan fingerprint density at radius 1 is 1.13 bits per heavy atom. The Morgan fingerprint density at radius 3 is 2.07 bits per heavy atom. The van der Waals surface area contributed by atoms with Gasteiger partial charge in [-0.3, -0.25) is 0 Å². The Balaban J connectivity index is 3.30. The molecule has 1 aromatic heterocycles. The molecule has 0 aliphatic carbocycles. The number of halogens is 7. The average molecular weight is 232 g/mol. The fourth-order valence-corrected chi connectivity index (χ4v) is 0.850. The van der Waals surface area contributed by atoms with Gasteiger partial charge < -0.3 is 12.9 Å². The fourth-order valence-electron chi connectivity index (χ4n) is 0.850. The van der Waals surface area contributed by atoms with Crippen molar-refractivity contribution in [1.29, 1.82) is 0 Å². The summed E-state index contributed by atoms with van der Waals surface area (Å²) in [7, 11) is 0. The van der Waals surface area contributed by atoms with Gasteiger partial charge in [-0.25, -0.2) is 4.98 Å². The van der Waals surface area contributed by atoms with Gasteiger partial charge in [0.05, 0.1) is 5.56 Å². The number of hydrogen-bond donors (Lipinski definition) is 0. The summed E-state index contributed by atoms with van der Waals surface area (Å²) in [5, 5.41) is 0. The lowest BCUT2D eigenvalue weighted by atomic mass is 9.80. The van der Waals surface area contributed by atoms with Crippen molar-refractivity contribution in [1.82, 2.24) is 4.98 Å². The Bertz CT molecular complexity index is 369. The second-order valence-electron chi connectivity index (χ2n) is 2.68. The molecular weight excluding hydrogens is 230 g/mol. The van der Waals surface area contributed by atoms with Gasteiger partial charge in [0.2, 0.25) is 0 Å². The first kappa shape index (κ1) is 11.8. The molecule has 84 valence electrons. The Morgan fingerprint density at radius 2 is 1.67 bits per heavy atom. The van der Waals surface area contributed by atoms with Crippen molar-refractivity contribution in [2.45, 2.75) is 6.18 Å². The highest BCUT2D eigenvalue weighted by Gasteiger charge is 2.36. The summed E-state index contributed by atoms with van der Waals surface area (Å²) < 4.78 is 84.5. The molecule has 0 N–H and O–H groups in total. The zero-order valence-corrected chi connectivity index (χ0v) is 6.83.